The second-order valence-electron chi connectivity index (χ2n) is 6.72. The van der Waals surface area contributed by atoms with E-state index in [0.717, 1.165) is 41.3 Å². The van der Waals surface area contributed by atoms with E-state index in [0.29, 0.717) is 24.6 Å². The average molecular weight is 428 g/mol. The smallest absolute Gasteiger partial charge is 0.275 e. The first-order chi connectivity index (χ1) is 14.2. The lowest BCUT2D eigenvalue weighted by Crippen LogP contribution is -2.38. The summed E-state index contributed by atoms with van der Waals surface area (Å²) >= 11 is 3.44. The molecular weight excluding hydrogens is 406 g/mol. The summed E-state index contributed by atoms with van der Waals surface area (Å²) in [6, 6.07) is 9.58. The Morgan fingerprint density at radius 2 is 1.90 bits per heavy atom. The van der Waals surface area contributed by atoms with Crippen molar-refractivity contribution >= 4 is 34.9 Å². The number of amides is 2. The van der Waals surface area contributed by atoms with E-state index in [1.54, 1.807) is 11.3 Å². The van der Waals surface area contributed by atoms with Crippen LogP contribution in [0.2, 0.25) is 0 Å². The van der Waals surface area contributed by atoms with Crippen molar-refractivity contribution in [2.24, 2.45) is 0 Å². The predicted octanol–water partition coefficient (Wildman–Crippen LogP) is 3.45. The molecular formula is C21H21N3O3S2. The van der Waals surface area contributed by atoms with E-state index in [-0.39, 0.29) is 11.8 Å². The topological polar surface area (TPSA) is 75.4 Å². The fourth-order valence-electron chi connectivity index (χ4n) is 3.04. The highest BCUT2D eigenvalue weighted by molar-refractivity contribution is 7.99. The van der Waals surface area contributed by atoms with Gasteiger partial charge in [-0.1, -0.05) is 12.1 Å². The summed E-state index contributed by atoms with van der Waals surface area (Å²) in [4.78, 5) is 30.7. The quantitative estimate of drug-likeness (QED) is 0.652. The molecule has 1 N–H and O–H groups in total. The summed E-state index contributed by atoms with van der Waals surface area (Å²) in [6.07, 6.45) is 1.82. The Kier molecular flexibility index (Phi) is 6.31. The molecule has 0 unspecified atom stereocenters. The van der Waals surface area contributed by atoms with Gasteiger partial charge < -0.3 is 14.6 Å². The van der Waals surface area contributed by atoms with Gasteiger partial charge in [-0.25, -0.2) is 4.98 Å². The molecule has 0 saturated carbocycles. The van der Waals surface area contributed by atoms with Gasteiger partial charge in [-0.05, 0) is 40.1 Å². The molecule has 3 aromatic rings. The SMILES string of the molecule is O=C(Cc1ccsc1)NCc1ccc(-c2nc(C(=O)N3CCSCC3)co2)cc1. The number of thiophene rings is 1. The lowest BCUT2D eigenvalue weighted by atomic mass is 10.1. The van der Waals surface area contributed by atoms with Crippen LogP contribution in [0.15, 0.2) is 51.8 Å². The molecule has 8 heteroatoms. The number of aromatic nitrogens is 1. The van der Waals surface area contributed by atoms with Crippen LogP contribution in [0.3, 0.4) is 0 Å². The lowest BCUT2D eigenvalue weighted by molar-refractivity contribution is -0.120. The van der Waals surface area contributed by atoms with E-state index in [1.807, 2.05) is 57.8 Å². The fourth-order valence-corrected chi connectivity index (χ4v) is 4.61. The monoisotopic (exact) mass is 427 g/mol. The molecule has 2 amide bonds. The number of carbonyl (C=O) groups excluding carboxylic acids is 2. The second kappa shape index (κ2) is 9.28. The van der Waals surface area contributed by atoms with Crippen molar-refractivity contribution in [1.82, 2.24) is 15.2 Å². The van der Waals surface area contributed by atoms with Gasteiger partial charge in [0.2, 0.25) is 11.8 Å². The molecule has 0 spiro atoms. The van der Waals surface area contributed by atoms with Crippen LogP contribution in [0, 0.1) is 0 Å². The van der Waals surface area contributed by atoms with Gasteiger partial charge >= 0.3 is 0 Å². The highest BCUT2D eigenvalue weighted by Gasteiger charge is 2.21. The van der Waals surface area contributed by atoms with Gasteiger partial charge in [-0.2, -0.15) is 23.1 Å². The maximum atomic E-state index is 12.5. The van der Waals surface area contributed by atoms with Gasteiger partial charge in [0.1, 0.15) is 6.26 Å². The van der Waals surface area contributed by atoms with Crippen LogP contribution >= 0.6 is 23.1 Å². The Balaban J connectivity index is 1.33. The molecule has 1 saturated heterocycles. The maximum Gasteiger partial charge on any atom is 0.275 e. The van der Waals surface area contributed by atoms with Crippen molar-refractivity contribution < 1.29 is 14.0 Å². The van der Waals surface area contributed by atoms with Crippen LogP contribution in [-0.4, -0.2) is 46.3 Å². The van der Waals surface area contributed by atoms with Crippen LogP contribution in [0.1, 0.15) is 21.6 Å². The molecule has 29 heavy (non-hydrogen) atoms. The van der Waals surface area contributed by atoms with Crippen LogP contribution in [-0.2, 0) is 17.8 Å². The van der Waals surface area contributed by atoms with Crippen LogP contribution in [0.4, 0.5) is 0 Å². The van der Waals surface area contributed by atoms with Gasteiger partial charge in [0.25, 0.3) is 5.91 Å². The summed E-state index contributed by atoms with van der Waals surface area (Å²) < 4.78 is 5.53. The number of nitrogens with zero attached hydrogens (tertiary/aromatic N) is 2. The molecule has 2 aromatic heterocycles. The van der Waals surface area contributed by atoms with Crippen LogP contribution in [0.25, 0.3) is 11.5 Å². The van der Waals surface area contributed by atoms with Crippen molar-refractivity contribution in [1.29, 1.82) is 0 Å². The summed E-state index contributed by atoms with van der Waals surface area (Å²) in [5.74, 6) is 2.26. The van der Waals surface area contributed by atoms with E-state index in [9.17, 15) is 9.59 Å². The Labute approximate surface area is 177 Å². The largest absolute Gasteiger partial charge is 0.444 e. The first-order valence-electron chi connectivity index (χ1n) is 9.39. The third-order valence-corrected chi connectivity index (χ3v) is 6.33. The van der Waals surface area contributed by atoms with Gasteiger partial charge in [0.05, 0.1) is 6.42 Å². The van der Waals surface area contributed by atoms with E-state index >= 15 is 0 Å². The number of rotatable bonds is 6. The summed E-state index contributed by atoms with van der Waals surface area (Å²) in [6.45, 7) is 1.96. The number of carbonyl (C=O) groups is 2. The second-order valence-corrected chi connectivity index (χ2v) is 8.73. The Hall–Kier alpha value is -2.58. The molecule has 6 nitrogen and oxygen atoms in total. The van der Waals surface area contributed by atoms with Crippen molar-refractivity contribution in [3.63, 3.8) is 0 Å². The number of hydrogen-bond donors (Lipinski definition) is 1. The first kappa shape index (κ1) is 19.7. The van der Waals surface area contributed by atoms with E-state index in [1.165, 1.54) is 6.26 Å². The molecule has 0 bridgehead atoms. The fraction of sp³-hybridized carbons (Fsp3) is 0.286. The molecule has 1 fully saturated rings. The maximum absolute atomic E-state index is 12.5. The van der Waals surface area contributed by atoms with E-state index < -0.39 is 0 Å². The minimum absolute atomic E-state index is 0.000514. The average Bonchev–Trinajstić information content (AvgIpc) is 3.45. The van der Waals surface area contributed by atoms with Gasteiger partial charge in [-0.3, -0.25) is 9.59 Å². The summed E-state index contributed by atoms with van der Waals surface area (Å²) in [5.41, 5.74) is 3.16. The third-order valence-electron chi connectivity index (χ3n) is 4.66. The van der Waals surface area contributed by atoms with E-state index in [4.69, 9.17) is 4.42 Å². The van der Waals surface area contributed by atoms with Crippen molar-refractivity contribution in [3.05, 3.63) is 64.2 Å². The van der Waals surface area contributed by atoms with Crippen molar-refractivity contribution in [2.75, 3.05) is 24.6 Å². The zero-order valence-corrected chi connectivity index (χ0v) is 17.4. The lowest BCUT2D eigenvalue weighted by Gasteiger charge is -2.25. The number of oxazole rings is 1. The number of nitrogens with one attached hydrogen (secondary N) is 1. The van der Waals surface area contributed by atoms with Crippen LogP contribution in [0.5, 0.6) is 0 Å². The summed E-state index contributed by atoms with van der Waals surface area (Å²) in [5, 5.41) is 6.87. The zero-order chi connectivity index (χ0) is 20.1. The van der Waals surface area contributed by atoms with Crippen LogP contribution < -0.4 is 5.32 Å². The molecule has 1 aromatic carbocycles. The minimum atomic E-state index is -0.0785. The molecule has 1 aliphatic rings. The van der Waals surface area contributed by atoms with Crippen molar-refractivity contribution in [2.45, 2.75) is 13.0 Å². The van der Waals surface area contributed by atoms with Gasteiger partial charge in [0, 0.05) is 36.7 Å². The normalized spacial score (nSPS) is 14.0. The third kappa shape index (κ3) is 5.07. The number of hydrogen-bond acceptors (Lipinski definition) is 6. The Morgan fingerprint density at radius 1 is 1.10 bits per heavy atom. The Morgan fingerprint density at radius 3 is 2.62 bits per heavy atom. The van der Waals surface area contributed by atoms with Crippen molar-refractivity contribution in [3.8, 4) is 11.5 Å². The molecule has 4 rings (SSSR count). The van der Waals surface area contributed by atoms with E-state index in [2.05, 4.69) is 10.3 Å². The Bertz CT molecular complexity index is 961. The standard InChI is InChI=1S/C21H21N3O3S2/c25-19(11-16-5-8-29-14-16)22-12-15-1-3-17(4-2-15)20-23-18(13-27-20)21(26)24-6-9-28-10-7-24/h1-5,8,13-14H,6-7,9-12H2,(H,22,25). The molecule has 1 aliphatic heterocycles. The predicted molar refractivity (Wildman–Crippen MR) is 115 cm³/mol. The highest BCUT2D eigenvalue weighted by atomic mass is 32.2. The molecule has 3 heterocycles. The summed E-state index contributed by atoms with van der Waals surface area (Å²) in [7, 11) is 0. The van der Waals surface area contributed by atoms with Gasteiger partial charge in [-0.15, -0.1) is 0 Å². The number of benzene rings is 1. The molecule has 0 radical (unpaired) electrons. The molecule has 0 atom stereocenters. The van der Waals surface area contributed by atoms with Gasteiger partial charge in [0.15, 0.2) is 5.69 Å². The highest BCUT2D eigenvalue weighted by Crippen LogP contribution is 2.21. The molecule has 150 valence electrons. The zero-order valence-electron chi connectivity index (χ0n) is 15.8. The number of thioether (sulfide) groups is 1. The molecule has 0 aliphatic carbocycles. The first-order valence-corrected chi connectivity index (χ1v) is 11.5. The minimum Gasteiger partial charge on any atom is -0.444 e.